The van der Waals surface area contributed by atoms with Crippen molar-refractivity contribution in [1.29, 1.82) is 0 Å². The van der Waals surface area contributed by atoms with Crippen LogP contribution in [0.5, 0.6) is 0 Å². The first-order valence-corrected chi connectivity index (χ1v) is 9.19. The third kappa shape index (κ3) is 10.7. The zero-order chi connectivity index (χ0) is 12.2. The highest BCUT2D eigenvalue weighted by Gasteiger charge is 2.07. The molecule has 96 valence electrons. The predicted molar refractivity (Wildman–Crippen MR) is 79.4 cm³/mol. The summed E-state index contributed by atoms with van der Waals surface area (Å²) in [5.74, 6) is 0. The van der Waals surface area contributed by atoms with Crippen LogP contribution in [0.1, 0.15) is 65.2 Å². The highest BCUT2D eigenvalue weighted by Crippen LogP contribution is 2.18. The number of rotatable bonds is 10. The van der Waals surface area contributed by atoms with Crippen molar-refractivity contribution in [3.05, 3.63) is 0 Å². The standard InChI is InChI=1S/C13H28OSSi/c1-3-4-5-6-7-8-9-10-13(14)15-12(2)11-16/h12H,3-11H2,1-2,16H3. The second kappa shape index (κ2) is 11.7. The molecular formula is C13H28OSSi. The lowest BCUT2D eigenvalue weighted by molar-refractivity contribution is -0.111. The van der Waals surface area contributed by atoms with E-state index < -0.39 is 0 Å². The van der Waals surface area contributed by atoms with Crippen LogP contribution in [0.15, 0.2) is 0 Å². The molecule has 0 aliphatic carbocycles. The van der Waals surface area contributed by atoms with E-state index >= 15 is 0 Å². The first-order valence-electron chi connectivity index (χ1n) is 6.90. The van der Waals surface area contributed by atoms with Gasteiger partial charge in [0.1, 0.15) is 0 Å². The van der Waals surface area contributed by atoms with E-state index in [0.717, 1.165) is 12.8 Å². The maximum absolute atomic E-state index is 11.5. The molecule has 3 heteroatoms. The summed E-state index contributed by atoms with van der Waals surface area (Å²) in [6.45, 7) is 4.41. The van der Waals surface area contributed by atoms with Gasteiger partial charge in [-0.2, -0.15) is 0 Å². The molecule has 0 heterocycles. The van der Waals surface area contributed by atoms with Crippen molar-refractivity contribution in [2.24, 2.45) is 0 Å². The Morgan fingerprint density at radius 2 is 1.69 bits per heavy atom. The van der Waals surface area contributed by atoms with Crippen molar-refractivity contribution < 1.29 is 4.79 Å². The minimum atomic E-state index is 0.414. The van der Waals surface area contributed by atoms with Crippen LogP contribution in [0.2, 0.25) is 6.04 Å². The van der Waals surface area contributed by atoms with Gasteiger partial charge in [0.2, 0.25) is 0 Å². The molecule has 1 unspecified atom stereocenters. The molecule has 0 aromatic carbocycles. The van der Waals surface area contributed by atoms with Gasteiger partial charge in [-0.3, -0.25) is 4.79 Å². The summed E-state index contributed by atoms with van der Waals surface area (Å²) in [6.07, 6.45) is 9.86. The Hall–Kier alpha value is 0.237. The van der Waals surface area contributed by atoms with Crippen molar-refractivity contribution in [2.75, 3.05) is 0 Å². The van der Waals surface area contributed by atoms with Crippen LogP contribution in [0.25, 0.3) is 0 Å². The Kier molecular flexibility index (Phi) is 11.9. The van der Waals surface area contributed by atoms with Crippen molar-refractivity contribution >= 4 is 27.1 Å². The molecule has 0 fully saturated rings. The first-order chi connectivity index (χ1) is 7.70. The summed E-state index contributed by atoms with van der Waals surface area (Å²) in [7, 11) is 1.21. The van der Waals surface area contributed by atoms with Crippen LogP contribution in [0.4, 0.5) is 0 Å². The molecule has 0 aromatic rings. The number of carbonyl (C=O) groups is 1. The molecule has 0 N–H and O–H groups in total. The van der Waals surface area contributed by atoms with E-state index in [0.29, 0.717) is 10.4 Å². The van der Waals surface area contributed by atoms with Crippen LogP contribution < -0.4 is 0 Å². The van der Waals surface area contributed by atoms with Gasteiger partial charge in [-0.05, 0) is 6.42 Å². The van der Waals surface area contributed by atoms with E-state index in [4.69, 9.17) is 0 Å². The van der Waals surface area contributed by atoms with Gasteiger partial charge >= 0.3 is 0 Å². The number of unbranched alkanes of at least 4 members (excludes halogenated alkanes) is 6. The smallest absolute Gasteiger partial charge is 0.189 e. The van der Waals surface area contributed by atoms with Crippen LogP contribution in [-0.2, 0) is 4.79 Å². The zero-order valence-electron chi connectivity index (χ0n) is 11.3. The van der Waals surface area contributed by atoms with Crippen molar-refractivity contribution in [3.63, 3.8) is 0 Å². The average Bonchev–Trinajstić information content (AvgIpc) is 2.27. The van der Waals surface area contributed by atoms with Crippen LogP contribution >= 0.6 is 11.8 Å². The monoisotopic (exact) mass is 260 g/mol. The van der Waals surface area contributed by atoms with Gasteiger partial charge in [0.15, 0.2) is 5.12 Å². The number of hydrogen-bond donors (Lipinski definition) is 0. The van der Waals surface area contributed by atoms with Gasteiger partial charge in [0, 0.05) is 21.9 Å². The third-order valence-electron chi connectivity index (χ3n) is 2.89. The van der Waals surface area contributed by atoms with Crippen molar-refractivity contribution in [3.8, 4) is 0 Å². The van der Waals surface area contributed by atoms with Crippen LogP contribution in [-0.4, -0.2) is 20.6 Å². The molecule has 0 aliphatic rings. The maximum Gasteiger partial charge on any atom is 0.189 e. The molecule has 0 saturated heterocycles. The van der Waals surface area contributed by atoms with Gasteiger partial charge < -0.3 is 0 Å². The molecule has 0 aromatic heterocycles. The molecule has 0 radical (unpaired) electrons. The fraction of sp³-hybridized carbons (Fsp3) is 0.923. The fourth-order valence-corrected chi connectivity index (χ4v) is 2.97. The number of thioether (sulfide) groups is 1. The summed E-state index contributed by atoms with van der Waals surface area (Å²) >= 11 is 1.57. The molecule has 1 nitrogen and oxygen atoms in total. The van der Waals surface area contributed by atoms with Gasteiger partial charge in [-0.1, -0.05) is 70.2 Å². The Balaban J connectivity index is 3.21. The Bertz CT molecular complexity index is 173. The SMILES string of the molecule is CCCCCCCCCC(=O)SC(C)C[SiH3]. The summed E-state index contributed by atoms with van der Waals surface area (Å²) in [6, 6.07) is 1.23. The molecule has 0 amide bonds. The number of hydrogen-bond acceptors (Lipinski definition) is 2. The quantitative estimate of drug-likeness (QED) is 0.441. The van der Waals surface area contributed by atoms with E-state index in [-0.39, 0.29) is 0 Å². The second-order valence-corrected chi connectivity index (χ2v) is 6.89. The molecule has 0 aliphatic heterocycles. The number of carbonyl (C=O) groups excluding carboxylic acids is 1. The van der Waals surface area contributed by atoms with E-state index in [1.54, 1.807) is 11.8 Å². The summed E-state index contributed by atoms with van der Waals surface area (Å²) in [5.41, 5.74) is 0. The maximum atomic E-state index is 11.5. The van der Waals surface area contributed by atoms with Crippen LogP contribution in [0.3, 0.4) is 0 Å². The Morgan fingerprint density at radius 3 is 2.25 bits per heavy atom. The first kappa shape index (κ1) is 16.2. The predicted octanol–water partition coefficient (Wildman–Crippen LogP) is 3.56. The highest BCUT2D eigenvalue weighted by atomic mass is 32.2. The van der Waals surface area contributed by atoms with Crippen molar-refractivity contribution in [1.82, 2.24) is 0 Å². The van der Waals surface area contributed by atoms with Crippen LogP contribution in [0, 0.1) is 0 Å². The lowest BCUT2D eigenvalue weighted by atomic mass is 10.1. The molecule has 0 saturated carbocycles. The fourth-order valence-electron chi connectivity index (χ4n) is 1.59. The minimum absolute atomic E-state index is 0.414. The summed E-state index contributed by atoms with van der Waals surface area (Å²) in [5, 5.41) is 0.973. The topological polar surface area (TPSA) is 17.1 Å². The van der Waals surface area contributed by atoms with E-state index in [1.165, 1.54) is 54.8 Å². The van der Waals surface area contributed by atoms with E-state index in [2.05, 4.69) is 13.8 Å². The third-order valence-corrected chi connectivity index (χ3v) is 5.91. The second-order valence-electron chi connectivity index (χ2n) is 4.58. The minimum Gasteiger partial charge on any atom is -0.287 e. The molecule has 1 atom stereocenters. The van der Waals surface area contributed by atoms with Crippen molar-refractivity contribution in [2.45, 2.75) is 76.5 Å². The Labute approximate surface area is 109 Å². The Morgan fingerprint density at radius 1 is 1.12 bits per heavy atom. The molecular weight excluding hydrogens is 232 g/mol. The normalized spacial score (nSPS) is 12.9. The molecule has 0 spiro atoms. The molecule has 16 heavy (non-hydrogen) atoms. The molecule has 0 rings (SSSR count). The average molecular weight is 261 g/mol. The van der Waals surface area contributed by atoms with E-state index in [1.807, 2.05) is 0 Å². The summed E-state index contributed by atoms with van der Waals surface area (Å²) < 4.78 is 0. The van der Waals surface area contributed by atoms with Gasteiger partial charge in [0.05, 0.1) is 0 Å². The largest absolute Gasteiger partial charge is 0.287 e. The van der Waals surface area contributed by atoms with Gasteiger partial charge in [-0.15, -0.1) is 0 Å². The van der Waals surface area contributed by atoms with Gasteiger partial charge in [0.25, 0.3) is 0 Å². The van der Waals surface area contributed by atoms with E-state index in [9.17, 15) is 4.79 Å². The van der Waals surface area contributed by atoms with Gasteiger partial charge in [-0.25, -0.2) is 0 Å². The zero-order valence-corrected chi connectivity index (χ0v) is 14.1. The highest BCUT2D eigenvalue weighted by molar-refractivity contribution is 8.14. The lowest BCUT2D eigenvalue weighted by Crippen LogP contribution is -2.01. The summed E-state index contributed by atoms with van der Waals surface area (Å²) in [4.78, 5) is 11.5. The lowest BCUT2D eigenvalue weighted by Gasteiger charge is -2.06. The molecule has 0 bridgehead atoms.